The van der Waals surface area contributed by atoms with Gasteiger partial charge in [0.05, 0.1) is 27.7 Å². The second kappa shape index (κ2) is 16.9. The van der Waals surface area contributed by atoms with Gasteiger partial charge in [0.25, 0.3) is 0 Å². The lowest BCUT2D eigenvalue weighted by atomic mass is 10.1. The summed E-state index contributed by atoms with van der Waals surface area (Å²) in [6.45, 7) is 7.85. The van der Waals surface area contributed by atoms with Crippen LogP contribution >= 0.6 is 0 Å². The highest BCUT2D eigenvalue weighted by atomic mass is 35.5. The summed E-state index contributed by atoms with van der Waals surface area (Å²) in [4.78, 5) is 10.1. The zero-order chi connectivity index (χ0) is 24.0. The molecule has 0 bridgehead atoms. The zero-order valence-corrected chi connectivity index (χ0v) is 21.6. The van der Waals surface area contributed by atoms with Crippen molar-refractivity contribution in [1.82, 2.24) is 5.32 Å². The van der Waals surface area contributed by atoms with E-state index in [2.05, 4.69) is 36.0 Å². The summed E-state index contributed by atoms with van der Waals surface area (Å²) in [5.41, 5.74) is 6.01. The standard InChI is InChI=1S/C18H29NO3.C6H14N2O2.ClH/c1-14(2)19-11-17(20)13-22-18-7-5-15(6-8-18)9-10-21-12-16-3-4-16;1-8(2,3)4-5-10-6(7)9;/h5-8,14,16-17,19-20H,3-4,9-13H2,1-2H3;4-5H2,1-3H3,(H-,7,9);1H. The number of rotatable bonds is 14. The van der Waals surface area contributed by atoms with Crippen molar-refractivity contribution in [3.05, 3.63) is 29.8 Å². The molecule has 9 heteroatoms. The minimum Gasteiger partial charge on any atom is -1.00 e. The smallest absolute Gasteiger partial charge is 0.404 e. The van der Waals surface area contributed by atoms with Gasteiger partial charge >= 0.3 is 6.09 Å². The van der Waals surface area contributed by atoms with Crippen LogP contribution in [0.2, 0.25) is 0 Å². The molecule has 1 amide bonds. The number of carbonyl (C=O) groups is 1. The summed E-state index contributed by atoms with van der Waals surface area (Å²) in [7, 11) is 6.05. The van der Waals surface area contributed by atoms with Crippen molar-refractivity contribution in [3.8, 4) is 5.75 Å². The Morgan fingerprint density at radius 2 is 1.82 bits per heavy atom. The lowest BCUT2D eigenvalue weighted by Gasteiger charge is -2.22. The molecule has 1 aliphatic carbocycles. The van der Waals surface area contributed by atoms with Gasteiger partial charge in [-0.25, -0.2) is 4.79 Å². The maximum Gasteiger partial charge on any atom is 0.404 e. The van der Waals surface area contributed by atoms with E-state index in [1.165, 1.54) is 18.4 Å². The normalized spacial score (nSPS) is 14.0. The predicted octanol–water partition coefficient (Wildman–Crippen LogP) is -0.815. The van der Waals surface area contributed by atoms with Crippen LogP contribution in [0.4, 0.5) is 4.79 Å². The van der Waals surface area contributed by atoms with Crippen LogP contribution in [0.15, 0.2) is 24.3 Å². The molecule has 33 heavy (non-hydrogen) atoms. The summed E-state index contributed by atoms with van der Waals surface area (Å²) in [5.74, 6) is 1.62. The predicted molar refractivity (Wildman–Crippen MR) is 127 cm³/mol. The Labute approximate surface area is 205 Å². The van der Waals surface area contributed by atoms with E-state index in [1.807, 2.05) is 33.3 Å². The van der Waals surface area contributed by atoms with Gasteiger partial charge in [-0.05, 0) is 42.9 Å². The maximum atomic E-state index is 10.1. The Balaban J connectivity index is 0.000000794. The number of quaternary nitrogens is 1. The third-order valence-corrected chi connectivity index (χ3v) is 4.72. The van der Waals surface area contributed by atoms with Crippen LogP contribution in [0.5, 0.6) is 5.75 Å². The lowest BCUT2D eigenvalue weighted by Crippen LogP contribution is -3.00. The van der Waals surface area contributed by atoms with Gasteiger partial charge < -0.3 is 47.3 Å². The number of amides is 1. The van der Waals surface area contributed by atoms with Crippen molar-refractivity contribution in [3.63, 3.8) is 0 Å². The molecule has 192 valence electrons. The van der Waals surface area contributed by atoms with Crippen LogP contribution in [0, 0.1) is 5.92 Å². The van der Waals surface area contributed by atoms with Crippen LogP contribution in [0.3, 0.4) is 0 Å². The summed E-state index contributed by atoms with van der Waals surface area (Å²) >= 11 is 0. The molecule has 0 aliphatic heterocycles. The molecule has 4 N–H and O–H groups in total. The highest BCUT2D eigenvalue weighted by Crippen LogP contribution is 2.28. The summed E-state index contributed by atoms with van der Waals surface area (Å²) in [6.07, 6.45) is 2.43. The van der Waals surface area contributed by atoms with Crippen molar-refractivity contribution < 1.29 is 41.0 Å². The van der Waals surface area contributed by atoms with E-state index in [9.17, 15) is 9.90 Å². The van der Waals surface area contributed by atoms with Crippen LogP contribution in [0.25, 0.3) is 0 Å². The molecule has 1 unspecified atom stereocenters. The van der Waals surface area contributed by atoms with Crippen molar-refractivity contribution in [2.45, 2.75) is 45.3 Å². The topological polar surface area (TPSA) is 103 Å². The first-order valence-corrected chi connectivity index (χ1v) is 11.5. The fraction of sp³-hybridized carbons (Fsp3) is 0.708. The van der Waals surface area contributed by atoms with Gasteiger partial charge in [-0.3, -0.25) is 0 Å². The summed E-state index contributed by atoms with van der Waals surface area (Å²) in [5, 5.41) is 13.0. The first-order valence-electron chi connectivity index (χ1n) is 11.5. The third-order valence-electron chi connectivity index (χ3n) is 4.72. The van der Waals surface area contributed by atoms with Gasteiger partial charge in [-0.1, -0.05) is 26.0 Å². The van der Waals surface area contributed by atoms with Crippen molar-refractivity contribution in [2.75, 3.05) is 60.7 Å². The molecule has 0 heterocycles. The fourth-order valence-corrected chi connectivity index (χ4v) is 2.52. The van der Waals surface area contributed by atoms with Crippen LogP contribution in [0.1, 0.15) is 32.3 Å². The summed E-state index contributed by atoms with van der Waals surface area (Å²) < 4.78 is 16.6. The number of nitrogens with one attached hydrogen (secondary N) is 1. The number of nitrogens with two attached hydrogens (primary N) is 1. The Morgan fingerprint density at radius 3 is 2.33 bits per heavy atom. The molecule has 2 rings (SSSR count). The molecule has 0 spiro atoms. The molecule has 1 aromatic rings. The molecule has 0 radical (unpaired) electrons. The number of aliphatic hydroxyl groups excluding tert-OH is 1. The van der Waals surface area contributed by atoms with Gasteiger partial charge in [-0.2, -0.15) is 0 Å². The van der Waals surface area contributed by atoms with Gasteiger partial charge in [0, 0.05) is 19.2 Å². The summed E-state index contributed by atoms with van der Waals surface area (Å²) in [6, 6.07) is 8.41. The Kier molecular flexibility index (Phi) is 16.1. The first-order chi connectivity index (χ1) is 15.0. The van der Waals surface area contributed by atoms with E-state index in [0.717, 1.165) is 42.3 Å². The number of benzene rings is 1. The number of hydrogen-bond donors (Lipinski definition) is 3. The quantitative estimate of drug-likeness (QED) is 0.233. The Bertz CT molecular complexity index is 634. The number of aliphatic hydroxyl groups is 1. The first kappa shape index (κ1) is 31.4. The second-order valence-electron chi connectivity index (χ2n) is 9.62. The minimum absolute atomic E-state index is 0. The molecule has 1 aromatic carbocycles. The van der Waals surface area contributed by atoms with Crippen molar-refractivity contribution in [2.24, 2.45) is 11.7 Å². The lowest BCUT2D eigenvalue weighted by molar-refractivity contribution is -0.870. The number of ether oxygens (including phenoxy) is 3. The Morgan fingerprint density at radius 1 is 1.18 bits per heavy atom. The molecule has 8 nitrogen and oxygen atoms in total. The molecule has 0 saturated heterocycles. The van der Waals surface area contributed by atoms with Gasteiger partial charge in [0.15, 0.2) is 0 Å². The minimum atomic E-state index is -0.701. The molecular weight excluding hydrogens is 446 g/mol. The fourth-order valence-electron chi connectivity index (χ4n) is 2.52. The largest absolute Gasteiger partial charge is 1.00 e. The van der Waals surface area contributed by atoms with Crippen molar-refractivity contribution in [1.29, 1.82) is 0 Å². The van der Waals surface area contributed by atoms with E-state index in [0.29, 0.717) is 25.8 Å². The second-order valence-corrected chi connectivity index (χ2v) is 9.62. The van der Waals surface area contributed by atoms with Gasteiger partial charge in [0.1, 0.15) is 31.6 Å². The van der Waals surface area contributed by atoms with E-state index in [4.69, 9.17) is 15.2 Å². The molecule has 1 aliphatic rings. The van der Waals surface area contributed by atoms with E-state index in [-0.39, 0.29) is 12.4 Å². The zero-order valence-electron chi connectivity index (χ0n) is 20.9. The Hall–Kier alpha value is -1.58. The van der Waals surface area contributed by atoms with Crippen LogP contribution in [-0.2, 0) is 15.9 Å². The highest BCUT2D eigenvalue weighted by Gasteiger charge is 2.20. The SMILES string of the molecule is CC(C)NCC(O)COc1ccc(CCOCC2CC2)cc1.C[N+](C)(C)CCOC(N)=O.[Cl-]. The highest BCUT2D eigenvalue weighted by molar-refractivity contribution is 5.64. The average Bonchev–Trinajstić information content (AvgIpc) is 3.52. The monoisotopic (exact) mass is 489 g/mol. The van der Waals surface area contributed by atoms with Crippen molar-refractivity contribution >= 4 is 6.09 Å². The number of halogens is 1. The number of hydrogen-bond acceptors (Lipinski definition) is 6. The van der Waals surface area contributed by atoms with Crippen LogP contribution in [-0.4, -0.2) is 88.5 Å². The average molecular weight is 490 g/mol. The third kappa shape index (κ3) is 19.6. The number of carbonyl (C=O) groups excluding carboxylic acids is 1. The molecular formula is C24H44ClN3O5. The molecule has 1 saturated carbocycles. The molecule has 0 aromatic heterocycles. The van der Waals surface area contributed by atoms with Crippen LogP contribution < -0.4 is 28.2 Å². The number of nitrogens with zero attached hydrogens (tertiary/aromatic N) is 1. The molecule has 1 atom stereocenters. The maximum absolute atomic E-state index is 10.1. The number of primary amides is 1. The van der Waals surface area contributed by atoms with E-state index in [1.54, 1.807) is 0 Å². The number of likely N-dealkylation sites (N-methyl/N-ethyl adjacent to an activating group) is 1. The van der Waals surface area contributed by atoms with Gasteiger partial charge in [0.2, 0.25) is 0 Å². The van der Waals surface area contributed by atoms with E-state index >= 15 is 0 Å². The van der Waals surface area contributed by atoms with Gasteiger partial charge in [-0.15, -0.1) is 0 Å². The molecule has 1 fully saturated rings. The van der Waals surface area contributed by atoms with E-state index < -0.39 is 12.2 Å².